The van der Waals surface area contributed by atoms with E-state index >= 15 is 0 Å². The number of alkyl halides is 1. The molecule has 0 fully saturated rings. The van der Waals surface area contributed by atoms with Crippen molar-refractivity contribution in [2.75, 3.05) is 26.4 Å². The van der Waals surface area contributed by atoms with Gasteiger partial charge in [0.1, 0.15) is 12.6 Å². The number of carbonyl (C=O) groups is 2. The molecule has 0 aliphatic heterocycles. The molecule has 0 spiro atoms. The van der Waals surface area contributed by atoms with Crippen LogP contribution in [0.3, 0.4) is 0 Å². The first-order chi connectivity index (χ1) is 8.13. The lowest BCUT2D eigenvalue weighted by molar-refractivity contribution is -0.150. The van der Waals surface area contributed by atoms with Crippen LogP contribution in [-0.2, 0) is 23.8 Å². The van der Waals surface area contributed by atoms with Crippen molar-refractivity contribution in [1.82, 2.24) is 0 Å². The smallest absolute Gasteiger partial charge is 0.308 e. The van der Waals surface area contributed by atoms with Gasteiger partial charge in [0.25, 0.3) is 0 Å². The van der Waals surface area contributed by atoms with Gasteiger partial charge in [-0.1, -0.05) is 0 Å². The Kier molecular flexibility index (Phi) is 10.1. The third-order valence-corrected chi connectivity index (χ3v) is 2.14. The number of esters is 1. The number of rotatable bonds is 10. The van der Waals surface area contributed by atoms with E-state index in [2.05, 4.69) is 0 Å². The molecule has 0 aromatic heterocycles. The number of ether oxygens (including phenoxy) is 3. The molecule has 0 radical (unpaired) electrons. The van der Waals surface area contributed by atoms with Crippen molar-refractivity contribution >= 4 is 23.4 Å². The molecule has 0 amide bonds. The van der Waals surface area contributed by atoms with Crippen LogP contribution in [0, 0.1) is 0 Å². The maximum absolute atomic E-state index is 11.4. The van der Waals surface area contributed by atoms with E-state index in [1.165, 1.54) is 7.11 Å². The van der Waals surface area contributed by atoms with Gasteiger partial charge in [-0.3, -0.25) is 9.59 Å². The molecule has 0 saturated heterocycles. The number of ketones is 1. The molecule has 17 heavy (non-hydrogen) atoms. The number of methoxy groups -OCH3 is 1. The summed E-state index contributed by atoms with van der Waals surface area (Å²) in [6.07, 6.45) is -0.0399. The molecule has 0 aromatic rings. The third-order valence-electron chi connectivity index (χ3n) is 1.95. The number of carbonyl (C=O) groups excluding carboxylic acids is 2. The second kappa shape index (κ2) is 10.5. The summed E-state index contributed by atoms with van der Waals surface area (Å²) >= 11 is 5.46. The van der Waals surface area contributed by atoms with Crippen molar-refractivity contribution in [2.45, 2.75) is 32.3 Å². The Morgan fingerprint density at radius 2 is 2.00 bits per heavy atom. The van der Waals surface area contributed by atoms with Gasteiger partial charge in [-0.2, -0.15) is 0 Å². The lowest BCUT2D eigenvalue weighted by Gasteiger charge is -2.15. The van der Waals surface area contributed by atoms with E-state index in [1.54, 1.807) is 6.92 Å². The van der Waals surface area contributed by atoms with Crippen molar-refractivity contribution < 1.29 is 23.8 Å². The molecule has 0 bridgehead atoms. The maximum atomic E-state index is 11.4. The van der Waals surface area contributed by atoms with Crippen molar-refractivity contribution in [3.8, 4) is 0 Å². The summed E-state index contributed by atoms with van der Waals surface area (Å²) in [5.74, 6) is -0.146. The van der Waals surface area contributed by atoms with E-state index in [9.17, 15) is 9.59 Å². The Morgan fingerprint density at radius 3 is 2.53 bits per heavy atom. The molecule has 0 N–H and O–H groups in total. The second-order valence-corrected chi connectivity index (χ2v) is 3.76. The van der Waals surface area contributed by atoms with Gasteiger partial charge in [0.15, 0.2) is 0 Å². The fourth-order valence-electron chi connectivity index (χ4n) is 1.22. The molecular weight excluding hydrogens is 248 g/mol. The maximum Gasteiger partial charge on any atom is 0.308 e. The van der Waals surface area contributed by atoms with Crippen molar-refractivity contribution in [3.05, 3.63) is 0 Å². The Hall–Kier alpha value is -0.650. The summed E-state index contributed by atoms with van der Waals surface area (Å²) in [6, 6.07) is 0. The molecule has 6 heteroatoms. The standard InChI is InChI=1S/C11H19ClO5/c1-3-16-11(14)7-10(17-8-15-2)6-9(13)4-5-12/h10H,3-8H2,1-2H3/t10-/m0/s1. The van der Waals surface area contributed by atoms with Gasteiger partial charge in [0.2, 0.25) is 0 Å². The van der Waals surface area contributed by atoms with Gasteiger partial charge >= 0.3 is 5.97 Å². The van der Waals surface area contributed by atoms with Crippen LogP contribution in [-0.4, -0.2) is 44.2 Å². The predicted molar refractivity (Wildman–Crippen MR) is 63.0 cm³/mol. The van der Waals surface area contributed by atoms with Crippen LogP contribution in [0.2, 0.25) is 0 Å². The molecule has 0 aromatic carbocycles. The van der Waals surface area contributed by atoms with Gasteiger partial charge in [-0.25, -0.2) is 0 Å². The predicted octanol–water partition coefficient (Wildman–Crippen LogP) is 1.52. The molecular formula is C11H19ClO5. The van der Waals surface area contributed by atoms with Crippen molar-refractivity contribution in [2.24, 2.45) is 0 Å². The lowest BCUT2D eigenvalue weighted by atomic mass is 10.1. The van der Waals surface area contributed by atoms with Crippen LogP contribution in [0.25, 0.3) is 0 Å². The summed E-state index contributed by atoms with van der Waals surface area (Å²) in [6.45, 7) is 2.07. The number of hydrogen-bond donors (Lipinski definition) is 0. The van der Waals surface area contributed by atoms with Crippen LogP contribution < -0.4 is 0 Å². The zero-order valence-corrected chi connectivity index (χ0v) is 11.0. The van der Waals surface area contributed by atoms with Gasteiger partial charge in [0.05, 0.1) is 19.1 Å². The highest BCUT2D eigenvalue weighted by Gasteiger charge is 2.18. The van der Waals surface area contributed by atoms with Crippen molar-refractivity contribution in [3.63, 3.8) is 0 Å². The monoisotopic (exact) mass is 266 g/mol. The average molecular weight is 267 g/mol. The Bertz CT molecular complexity index is 212. The van der Waals surface area contributed by atoms with E-state index in [-0.39, 0.29) is 43.7 Å². The number of hydrogen-bond acceptors (Lipinski definition) is 5. The Morgan fingerprint density at radius 1 is 1.29 bits per heavy atom. The van der Waals surface area contributed by atoms with E-state index in [4.69, 9.17) is 25.8 Å². The van der Waals surface area contributed by atoms with Crippen LogP contribution in [0.5, 0.6) is 0 Å². The highest BCUT2D eigenvalue weighted by molar-refractivity contribution is 6.19. The molecule has 0 saturated carbocycles. The molecule has 0 aliphatic rings. The second-order valence-electron chi connectivity index (χ2n) is 3.39. The molecule has 0 heterocycles. The summed E-state index contributed by atoms with van der Waals surface area (Å²) < 4.78 is 14.8. The molecule has 100 valence electrons. The first-order valence-electron chi connectivity index (χ1n) is 5.47. The minimum Gasteiger partial charge on any atom is -0.466 e. The Balaban J connectivity index is 4.12. The minimum atomic E-state index is -0.510. The topological polar surface area (TPSA) is 61.8 Å². The first-order valence-corrected chi connectivity index (χ1v) is 6.01. The molecule has 0 aliphatic carbocycles. The fraction of sp³-hybridized carbons (Fsp3) is 0.818. The molecule has 1 atom stereocenters. The fourth-order valence-corrected chi connectivity index (χ4v) is 1.43. The van der Waals surface area contributed by atoms with Crippen LogP contribution in [0.15, 0.2) is 0 Å². The van der Waals surface area contributed by atoms with Gasteiger partial charge in [-0.15, -0.1) is 11.6 Å². The summed E-state index contributed by atoms with van der Waals surface area (Å²) in [5, 5.41) is 0. The van der Waals surface area contributed by atoms with E-state index < -0.39 is 6.10 Å². The normalized spacial score (nSPS) is 12.2. The largest absolute Gasteiger partial charge is 0.466 e. The van der Waals surface area contributed by atoms with E-state index in [0.29, 0.717) is 6.61 Å². The Labute approximate surface area is 106 Å². The van der Waals surface area contributed by atoms with E-state index in [1.807, 2.05) is 0 Å². The highest BCUT2D eigenvalue weighted by atomic mass is 35.5. The van der Waals surface area contributed by atoms with Crippen molar-refractivity contribution in [1.29, 1.82) is 0 Å². The summed E-state index contributed by atoms with van der Waals surface area (Å²) in [4.78, 5) is 22.7. The number of halogens is 1. The summed E-state index contributed by atoms with van der Waals surface area (Å²) in [7, 11) is 1.47. The number of Topliss-reactive ketones (excluding diaryl/α,β-unsaturated/α-hetero) is 1. The average Bonchev–Trinajstić information content (AvgIpc) is 2.26. The lowest BCUT2D eigenvalue weighted by Crippen LogP contribution is -2.23. The zero-order chi connectivity index (χ0) is 13.1. The molecule has 0 unspecified atom stereocenters. The molecule has 0 rings (SSSR count). The van der Waals surface area contributed by atoms with Crippen LogP contribution in [0.4, 0.5) is 0 Å². The summed E-state index contributed by atoms with van der Waals surface area (Å²) in [5.41, 5.74) is 0. The van der Waals surface area contributed by atoms with Gasteiger partial charge < -0.3 is 14.2 Å². The van der Waals surface area contributed by atoms with Crippen LogP contribution in [0.1, 0.15) is 26.2 Å². The third kappa shape index (κ3) is 9.09. The minimum absolute atomic E-state index is 0.0367. The van der Waals surface area contributed by atoms with E-state index in [0.717, 1.165) is 0 Å². The molecule has 5 nitrogen and oxygen atoms in total. The van der Waals surface area contributed by atoms with Gasteiger partial charge in [0, 0.05) is 25.8 Å². The van der Waals surface area contributed by atoms with Gasteiger partial charge in [-0.05, 0) is 6.92 Å². The zero-order valence-electron chi connectivity index (χ0n) is 10.2. The van der Waals surface area contributed by atoms with Crippen LogP contribution >= 0.6 is 11.6 Å². The first kappa shape index (κ1) is 16.4. The highest BCUT2D eigenvalue weighted by Crippen LogP contribution is 2.08. The quantitative estimate of drug-likeness (QED) is 0.341. The SMILES string of the molecule is CCOC(=O)C[C@H](CC(=O)CCCl)OCOC.